The van der Waals surface area contributed by atoms with E-state index in [1.807, 2.05) is 73.2 Å². The number of hydrogen-bond donors (Lipinski definition) is 0. The van der Waals surface area contributed by atoms with Gasteiger partial charge in [0.15, 0.2) is 0 Å². The molecule has 3 heterocycles. The van der Waals surface area contributed by atoms with Gasteiger partial charge in [0.2, 0.25) is 0 Å². The largest absolute Gasteiger partial charge is 0.256 e. The van der Waals surface area contributed by atoms with Crippen molar-refractivity contribution < 1.29 is 0 Å². The van der Waals surface area contributed by atoms with Gasteiger partial charge in [0.25, 0.3) is 0 Å². The predicted octanol–water partition coefficient (Wildman–Crippen LogP) is 15.0. The smallest absolute Gasteiger partial charge is 0.0991 e. The van der Waals surface area contributed by atoms with E-state index in [-0.39, 0.29) is 0 Å². The van der Waals surface area contributed by atoms with Gasteiger partial charge >= 0.3 is 0 Å². The van der Waals surface area contributed by atoms with Gasteiger partial charge in [-0.3, -0.25) is 15.0 Å². The third-order valence-corrected chi connectivity index (χ3v) is 12.3. The average Bonchev–Trinajstić information content (AvgIpc) is 3.40. The summed E-state index contributed by atoms with van der Waals surface area (Å²) in [4.78, 5) is 13.8. The molecule has 0 aliphatic heterocycles. The van der Waals surface area contributed by atoms with Gasteiger partial charge in [-0.15, -0.1) is 0 Å². The van der Waals surface area contributed by atoms with Gasteiger partial charge in [-0.2, -0.15) is 5.26 Å². The highest BCUT2D eigenvalue weighted by Crippen LogP contribution is 2.41. The van der Waals surface area contributed by atoms with E-state index in [1.165, 1.54) is 38.9 Å². The lowest BCUT2D eigenvalue weighted by atomic mass is 9.86. The van der Waals surface area contributed by atoms with Crippen molar-refractivity contribution in [2.45, 2.75) is 25.7 Å². The van der Waals surface area contributed by atoms with Crippen LogP contribution in [0, 0.1) is 11.3 Å². The maximum Gasteiger partial charge on any atom is 0.0991 e. The maximum absolute atomic E-state index is 9.57. The minimum atomic E-state index is 0.649. The SMILES string of the molecule is N#Cc1cccc(-c2ccc(-c3cc(-c4ccccn4)ccc3-c3ccccc3-c3cc(CCc4ccc(-c5ccccn5)cc4)cc(CCc4ccc(-c5ccccn5)cc4)c3)cc2)c1. The Kier molecular flexibility index (Phi) is 12.2. The van der Waals surface area contributed by atoms with Gasteiger partial charge in [0.1, 0.15) is 0 Å². The third-order valence-electron chi connectivity index (χ3n) is 12.3. The van der Waals surface area contributed by atoms with Crippen LogP contribution in [0.4, 0.5) is 0 Å². The molecule has 0 unspecified atom stereocenters. The lowest BCUT2D eigenvalue weighted by Gasteiger charge is -2.18. The van der Waals surface area contributed by atoms with Crippen molar-refractivity contribution in [3.63, 3.8) is 0 Å². The fraction of sp³-hybridized carbons (Fsp3) is 0.0645. The molecule has 0 bridgehead atoms. The summed E-state index contributed by atoms with van der Waals surface area (Å²) in [5.41, 5.74) is 21.1. The Morgan fingerprint density at radius 3 is 1.30 bits per heavy atom. The summed E-state index contributed by atoms with van der Waals surface area (Å²) in [6.45, 7) is 0. The van der Waals surface area contributed by atoms with Crippen LogP contribution in [-0.2, 0) is 25.7 Å². The van der Waals surface area contributed by atoms with E-state index in [1.54, 1.807) is 0 Å². The van der Waals surface area contributed by atoms with Gasteiger partial charge in [0.05, 0.1) is 28.7 Å². The van der Waals surface area contributed by atoms with Crippen LogP contribution >= 0.6 is 0 Å². The zero-order valence-electron chi connectivity index (χ0n) is 36.6. The van der Waals surface area contributed by atoms with Crippen molar-refractivity contribution >= 4 is 0 Å². The molecular formula is C62H46N4. The Balaban J connectivity index is 1.01. The zero-order valence-corrected chi connectivity index (χ0v) is 36.6. The highest BCUT2D eigenvalue weighted by molar-refractivity contribution is 5.94. The lowest BCUT2D eigenvalue weighted by molar-refractivity contribution is 0.931. The molecule has 7 aromatic carbocycles. The average molecular weight is 847 g/mol. The molecule has 0 spiro atoms. The second kappa shape index (κ2) is 19.5. The van der Waals surface area contributed by atoms with Gasteiger partial charge in [-0.25, -0.2) is 0 Å². The molecule has 0 radical (unpaired) electrons. The third kappa shape index (κ3) is 9.53. The number of benzene rings is 7. The highest BCUT2D eigenvalue weighted by Gasteiger charge is 2.16. The Morgan fingerprint density at radius 2 is 0.758 bits per heavy atom. The Hall–Kier alpha value is -8.52. The summed E-state index contributed by atoms with van der Waals surface area (Å²) in [5.74, 6) is 0. The molecule has 0 amide bonds. The van der Waals surface area contributed by atoms with Crippen LogP contribution in [0.25, 0.3) is 78.3 Å². The first kappa shape index (κ1) is 41.5. The normalized spacial score (nSPS) is 11.0. The monoisotopic (exact) mass is 846 g/mol. The summed E-state index contributed by atoms with van der Waals surface area (Å²) in [6, 6.07) is 77.4. The van der Waals surface area contributed by atoms with Crippen LogP contribution in [0.3, 0.4) is 0 Å². The molecule has 10 aromatic rings. The maximum atomic E-state index is 9.57. The molecule has 66 heavy (non-hydrogen) atoms. The number of aryl methyl sites for hydroxylation is 4. The first-order valence-electron chi connectivity index (χ1n) is 22.5. The van der Waals surface area contributed by atoms with Crippen molar-refractivity contribution in [3.8, 4) is 84.3 Å². The minimum absolute atomic E-state index is 0.649. The van der Waals surface area contributed by atoms with Gasteiger partial charge < -0.3 is 0 Å². The van der Waals surface area contributed by atoms with Crippen LogP contribution in [0.15, 0.2) is 231 Å². The second-order valence-electron chi connectivity index (χ2n) is 16.7. The molecule has 314 valence electrons. The second-order valence-corrected chi connectivity index (χ2v) is 16.7. The summed E-state index contributed by atoms with van der Waals surface area (Å²) in [7, 11) is 0. The van der Waals surface area contributed by atoms with E-state index in [9.17, 15) is 5.26 Å². The number of nitriles is 1. The van der Waals surface area contributed by atoms with Gasteiger partial charge in [0, 0.05) is 35.3 Å². The predicted molar refractivity (Wildman–Crippen MR) is 270 cm³/mol. The molecule has 0 saturated heterocycles. The summed E-state index contributed by atoms with van der Waals surface area (Å²) < 4.78 is 0. The van der Waals surface area contributed by atoms with E-state index in [4.69, 9.17) is 4.98 Å². The van der Waals surface area contributed by atoms with Crippen LogP contribution in [0.5, 0.6) is 0 Å². The topological polar surface area (TPSA) is 62.5 Å². The fourth-order valence-electron chi connectivity index (χ4n) is 8.83. The van der Waals surface area contributed by atoms with E-state index in [0.717, 1.165) is 87.3 Å². The number of rotatable bonds is 13. The molecule has 4 heteroatoms. The minimum Gasteiger partial charge on any atom is -0.256 e. The highest BCUT2D eigenvalue weighted by atomic mass is 14.7. The molecule has 0 saturated carbocycles. The van der Waals surface area contributed by atoms with Crippen LogP contribution in [-0.4, -0.2) is 15.0 Å². The first-order valence-corrected chi connectivity index (χ1v) is 22.5. The van der Waals surface area contributed by atoms with Crippen molar-refractivity contribution in [2.24, 2.45) is 0 Å². The number of nitrogens with zero attached hydrogens (tertiary/aromatic N) is 4. The van der Waals surface area contributed by atoms with E-state index in [2.05, 4.69) is 174 Å². The molecular weight excluding hydrogens is 801 g/mol. The number of aromatic nitrogens is 3. The van der Waals surface area contributed by atoms with Crippen LogP contribution in [0.2, 0.25) is 0 Å². The van der Waals surface area contributed by atoms with E-state index in [0.29, 0.717) is 5.56 Å². The standard InChI is InChI=1S/C62H46N4/c63-43-48-10-9-11-53(41-48)49-29-31-50(32-30-49)59-42-54(62-16-5-8-37-66-62)33-34-58(59)57-13-2-1-12-56(57)55-39-46(19-17-44-21-25-51(26-22-44)60-14-3-6-35-64-60)38-47(40-55)20-18-45-23-27-52(28-24-45)61-15-4-7-36-65-61/h1-16,21-42H,17-20H2. The van der Waals surface area contributed by atoms with Crippen molar-refractivity contribution in [1.82, 2.24) is 15.0 Å². The number of hydrogen-bond acceptors (Lipinski definition) is 4. The lowest BCUT2D eigenvalue weighted by Crippen LogP contribution is -1.98. The molecule has 4 nitrogen and oxygen atoms in total. The molecule has 0 aliphatic rings. The first-order chi connectivity index (χ1) is 32.6. The quantitative estimate of drug-likeness (QED) is 0.116. The van der Waals surface area contributed by atoms with Gasteiger partial charge in [-0.1, -0.05) is 158 Å². The Bertz CT molecular complexity index is 3160. The number of pyridine rings is 3. The Labute approximate surface area is 387 Å². The van der Waals surface area contributed by atoms with Crippen molar-refractivity contribution in [3.05, 3.63) is 259 Å². The molecule has 3 aromatic heterocycles. The zero-order chi connectivity index (χ0) is 44.5. The van der Waals surface area contributed by atoms with Crippen LogP contribution in [0.1, 0.15) is 27.8 Å². The van der Waals surface area contributed by atoms with Crippen molar-refractivity contribution in [1.29, 1.82) is 5.26 Å². The Morgan fingerprint density at radius 1 is 0.288 bits per heavy atom. The molecule has 0 fully saturated rings. The molecule has 0 N–H and O–H groups in total. The molecule has 0 atom stereocenters. The van der Waals surface area contributed by atoms with Gasteiger partial charge in [-0.05, 0) is 147 Å². The molecule has 10 rings (SSSR count). The summed E-state index contributed by atoms with van der Waals surface area (Å²) in [6.07, 6.45) is 9.23. The van der Waals surface area contributed by atoms with Crippen molar-refractivity contribution in [2.75, 3.05) is 0 Å². The summed E-state index contributed by atoms with van der Waals surface area (Å²) >= 11 is 0. The molecule has 0 aliphatic carbocycles. The van der Waals surface area contributed by atoms with E-state index < -0.39 is 0 Å². The fourth-order valence-corrected chi connectivity index (χ4v) is 8.83. The van der Waals surface area contributed by atoms with E-state index >= 15 is 0 Å². The van der Waals surface area contributed by atoms with Crippen LogP contribution < -0.4 is 0 Å². The summed E-state index contributed by atoms with van der Waals surface area (Å²) in [5, 5.41) is 9.57.